The molecule has 2 heterocycles. The highest BCUT2D eigenvalue weighted by atomic mass is 79.9. The third-order valence-corrected chi connectivity index (χ3v) is 4.93. The number of hydrogen-bond acceptors (Lipinski definition) is 3. The van der Waals surface area contributed by atoms with Gasteiger partial charge in [-0.15, -0.1) is 11.3 Å². The maximum absolute atomic E-state index is 5.83. The Kier molecular flexibility index (Phi) is 3.31. The summed E-state index contributed by atoms with van der Waals surface area (Å²) in [6, 6.07) is 8.77. The molecule has 0 bridgehead atoms. The molecule has 0 saturated carbocycles. The topological polar surface area (TPSA) is 21.3 Å². The van der Waals surface area contributed by atoms with Gasteiger partial charge in [0.25, 0.3) is 0 Å². The summed E-state index contributed by atoms with van der Waals surface area (Å²) in [6.45, 7) is 2.85. The van der Waals surface area contributed by atoms with E-state index >= 15 is 0 Å². The fraction of sp³-hybridized carbons (Fsp3) is 0.286. The molecule has 4 heteroatoms. The average Bonchev–Trinajstić information content (AvgIpc) is 2.84. The monoisotopic (exact) mass is 323 g/mol. The lowest BCUT2D eigenvalue weighted by atomic mass is 10.1. The first kappa shape index (κ1) is 12.1. The van der Waals surface area contributed by atoms with Crippen LogP contribution in [0.2, 0.25) is 0 Å². The highest BCUT2D eigenvalue weighted by molar-refractivity contribution is 9.10. The Morgan fingerprint density at radius 3 is 3.06 bits per heavy atom. The van der Waals surface area contributed by atoms with Crippen molar-refractivity contribution in [1.82, 2.24) is 0 Å². The number of fused-ring (bicyclic) bond motifs is 1. The molecule has 1 aromatic heterocycles. The number of rotatable bonds is 2. The summed E-state index contributed by atoms with van der Waals surface area (Å²) in [4.78, 5) is 1.30. The van der Waals surface area contributed by atoms with Gasteiger partial charge in [-0.3, -0.25) is 0 Å². The first-order valence-corrected chi connectivity index (χ1v) is 7.69. The van der Waals surface area contributed by atoms with Crippen LogP contribution < -0.4 is 10.1 Å². The average molecular weight is 324 g/mol. The van der Waals surface area contributed by atoms with E-state index in [-0.39, 0.29) is 6.04 Å². The van der Waals surface area contributed by atoms with Crippen LogP contribution in [0.25, 0.3) is 0 Å². The third kappa shape index (κ3) is 2.27. The highest BCUT2D eigenvalue weighted by Gasteiger charge is 2.21. The van der Waals surface area contributed by atoms with Gasteiger partial charge in [-0.05, 0) is 46.1 Å². The largest absolute Gasteiger partial charge is 0.489 e. The fourth-order valence-electron chi connectivity index (χ4n) is 2.10. The molecule has 1 unspecified atom stereocenters. The zero-order valence-corrected chi connectivity index (χ0v) is 12.5. The van der Waals surface area contributed by atoms with E-state index in [9.17, 15) is 0 Å². The smallest absolute Gasteiger partial charge is 0.142 e. The van der Waals surface area contributed by atoms with Crippen LogP contribution in [0.15, 0.2) is 34.1 Å². The van der Waals surface area contributed by atoms with Gasteiger partial charge in [-0.2, -0.15) is 0 Å². The Morgan fingerprint density at radius 1 is 1.44 bits per heavy atom. The molecule has 1 atom stereocenters. The van der Waals surface area contributed by atoms with E-state index in [0.29, 0.717) is 6.61 Å². The summed E-state index contributed by atoms with van der Waals surface area (Å²) in [5.74, 6) is 0.957. The van der Waals surface area contributed by atoms with Crippen molar-refractivity contribution in [3.8, 4) is 5.75 Å². The zero-order valence-electron chi connectivity index (χ0n) is 10.1. The van der Waals surface area contributed by atoms with Crippen molar-refractivity contribution in [2.24, 2.45) is 0 Å². The number of thiophene rings is 1. The predicted molar refractivity (Wildman–Crippen MR) is 79.7 cm³/mol. The molecular weight excluding hydrogens is 310 g/mol. The fourth-order valence-corrected chi connectivity index (χ4v) is 3.58. The molecule has 0 fully saturated rings. The molecule has 0 saturated heterocycles. The summed E-state index contributed by atoms with van der Waals surface area (Å²) >= 11 is 5.25. The van der Waals surface area contributed by atoms with Crippen LogP contribution in [0.3, 0.4) is 0 Å². The van der Waals surface area contributed by atoms with Crippen molar-refractivity contribution in [1.29, 1.82) is 0 Å². The molecule has 3 rings (SSSR count). The second-order valence-electron chi connectivity index (χ2n) is 4.36. The lowest BCUT2D eigenvalue weighted by Crippen LogP contribution is -2.23. The number of hydrogen-bond donors (Lipinski definition) is 1. The minimum absolute atomic E-state index is 0.251. The lowest BCUT2D eigenvalue weighted by Gasteiger charge is -2.27. The number of anilines is 1. The summed E-state index contributed by atoms with van der Waals surface area (Å²) in [7, 11) is 0. The van der Waals surface area contributed by atoms with E-state index in [0.717, 1.165) is 22.3 Å². The van der Waals surface area contributed by atoms with E-state index in [1.165, 1.54) is 10.4 Å². The Balaban J connectivity index is 1.87. The Bertz CT molecular complexity index is 567. The molecule has 1 aliphatic rings. The van der Waals surface area contributed by atoms with Crippen LogP contribution in [0.5, 0.6) is 5.75 Å². The van der Waals surface area contributed by atoms with Crippen molar-refractivity contribution in [3.05, 3.63) is 44.6 Å². The molecule has 0 spiro atoms. The number of halogens is 1. The van der Waals surface area contributed by atoms with Crippen LogP contribution in [0, 0.1) is 0 Å². The maximum atomic E-state index is 5.83. The van der Waals surface area contributed by atoms with Crippen LogP contribution in [0.1, 0.15) is 23.4 Å². The number of aryl methyl sites for hydroxylation is 1. The molecule has 0 aliphatic carbocycles. The summed E-state index contributed by atoms with van der Waals surface area (Å²) in [5, 5.41) is 5.67. The summed E-state index contributed by atoms with van der Waals surface area (Å²) < 4.78 is 6.96. The number of benzene rings is 1. The van der Waals surface area contributed by atoms with Gasteiger partial charge in [0.15, 0.2) is 0 Å². The van der Waals surface area contributed by atoms with E-state index < -0.39 is 0 Å². The first-order chi connectivity index (χ1) is 8.76. The molecule has 94 valence electrons. The van der Waals surface area contributed by atoms with Gasteiger partial charge in [0.1, 0.15) is 12.4 Å². The van der Waals surface area contributed by atoms with Gasteiger partial charge < -0.3 is 10.1 Å². The second-order valence-corrected chi connectivity index (χ2v) is 6.22. The molecule has 2 nitrogen and oxygen atoms in total. The molecule has 0 amide bonds. The maximum Gasteiger partial charge on any atom is 0.142 e. The van der Waals surface area contributed by atoms with Crippen molar-refractivity contribution in [3.63, 3.8) is 0 Å². The van der Waals surface area contributed by atoms with Crippen LogP contribution in [-0.4, -0.2) is 6.61 Å². The molecule has 0 radical (unpaired) electrons. The van der Waals surface area contributed by atoms with E-state index in [4.69, 9.17) is 4.74 Å². The van der Waals surface area contributed by atoms with Crippen molar-refractivity contribution in [2.75, 3.05) is 11.9 Å². The summed E-state index contributed by atoms with van der Waals surface area (Å²) in [5.41, 5.74) is 2.44. The van der Waals surface area contributed by atoms with Gasteiger partial charge in [-0.25, -0.2) is 0 Å². The van der Waals surface area contributed by atoms with Crippen molar-refractivity contribution < 1.29 is 4.74 Å². The predicted octanol–water partition coefficient (Wildman–Crippen LogP) is 4.62. The molecular formula is C14H14BrNOS. The van der Waals surface area contributed by atoms with E-state index in [1.54, 1.807) is 11.3 Å². The summed E-state index contributed by atoms with van der Waals surface area (Å²) in [6.07, 6.45) is 1.05. The van der Waals surface area contributed by atoms with E-state index in [1.807, 2.05) is 0 Å². The van der Waals surface area contributed by atoms with Crippen LogP contribution in [0.4, 0.5) is 5.69 Å². The molecule has 18 heavy (non-hydrogen) atoms. The molecule has 1 aliphatic heterocycles. The molecule has 1 aromatic carbocycles. The van der Waals surface area contributed by atoms with E-state index in [2.05, 4.69) is 57.8 Å². The Labute approximate surface area is 119 Å². The highest BCUT2D eigenvalue weighted by Crippen LogP contribution is 2.36. The van der Waals surface area contributed by atoms with Gasteiger partial charge >= 0.3 is 0 Å². The van der Waals surface area contributed by atoms with Gasteiger partial charge in [0.05, 0.1) is 11.7 Å². The van der Waals surface area contributed by atoms with Gasteiger partial charge in [-0.1, -0.05) is 13.0 Å². The van der Waals surface area contributed by atoms with Crippen LogP contribution in [-0.2, 0) is 6.42 Å². The quantitative estimate of drug-likeness (QED) is 0.870. The zero-order chi connectivity index (χ0) is 12.5. The van der Waals surface area contributed by atoms with Gasteiger partial charge in [0, 0.05) is 14.7 Å². The Hall–Kier alpha value is -1.000. The SMILES string of the molecule is CCc1ccc2c(c1)NC(c1cc(Br)cs1)CO2. The van der Waals surface area contributed by atoms with Crippen molar-refractivity contribution in [2.45, 2.75) is 19.4 Å². The standard InChI is InChI=1S/C14H14BrNOS/c1-2-9-3-4-13-11(5-9)16-12(7-17-13)14-6-10(15)8-18-14/h3-6,8,12,16H,2,7H2,1H3. The normalized spacial score (nSPS) is 17.8. The van der Waals surface area contributed by atoms with Crippen molar-refractivity contribution >= 4 is 33.0 Å². The second kappa shape index (κ2) is 4.94. The van der Waals surface area contributed by atoms with Crippen LogP contribution >= 0.6 is 27.3 Å². The minimum atomic E-state index is 0.251. The molecule has 1 N–H and O–H groups in total. The first-order valence-electron chi connectivity index (χ1n) is 6.02. The lowest BCUT2D eigenvalue weighted by molar-refractivity contribution is 0.288. The van der Waals surface area contributed by atoms with Gasteiger partial charge in [0.2, 0.25) is 0 Å². The number of nitrogens with one attached hydrogen (secondary N) is 1. The third-order valence-electron chi connectivity index (χ3n) is 3.12. The minimum Gasteiger partial charge on any atom is -0.489 e. The number of ether oxygens (including phenoxy) is 1. The molecule has 2 aromatic rings. The Morgan fingerprint density at radius 2 is 2.33 bits per heavy atom.